The van der Waals surface area contributed by atoms with E-state index in [1.165, 1.54) is 0 Å². The van der Waals surface area contributed by atoms with Gasteiger partial charge in [-0.25, -0.2) is 4.39 Å². The van der Waals surface area contributed by atoms with E-state index in [1.807, 2.05) is 0 Å². The number of alkyl halides is 4. The van der Waals surface area contributed by atoms with Gasteiger partial charge < -0.3 is 5.11 Å². The highest BCUT2D eigenvalue weighted by Crippen LogP contribution is 2.29. The first-order valence-corrected chi connectivity index (χ1v) is 2.01. The lowest BCUT2D eigenvalue weighted by Crippen LogP contribution is -2.44. The zero-order valence-electron chi connectivity index (χ0n) is 4.37. The maximum absolute atomic E-state index is 11.3. The first-order valence-electron chi connectivity index (χ1n) is 2.01. The van der Waals surface area contributed by atoms with Gasteiger partial charge in [0.2, 0.25) is 0 Å². The van der Waals surface area contributed by atoms with Crippen molar-refractivity contribution in [2.45, 2.75) is 11.8 Å². The van der Waals surface area contributed by atoms with Gasteiger partial charge in [0, 0.05) is 0 Å². The molecule has 1 unspecified atom stereocenters. The first-order chi connectivity index (χ1) is 3.81. The molecule has 0 spiro atoms. The molecule has 9 heavy (non-hydrogen) atoms. The molecule has 1 radical (unpaired) electrons. The quantitative estimate of drug-likeness (QED) is 0.547. The van der Waals surface area contributed by atoms with Gasteiger partial charge in [0.25, 0.3) is 0 Å². The van der Waals surface area contributed by atoms with E-state index in [-0.39, 0.29) is 0 Å². The van der Waals surface area contributed by atoms with E-state index in [2.05, 4.69) is 6.92 Å². The van der Waals surface area contributed by atoms with Crippen LogP contribution in [0.15, 0.2) is 0 Å². The van der Waals surface area contributed by atoms with Gasteiger partial charge in [-0.15, -0.1) is 0 Å². The number of aliphatic hydroxyl groups is 1. The van der Waals surface area contributed by atoms with E-state index >= 15 is 0 Å². The van der Waals surface area contributed by atoms with Gasteiger partial charge in [-0.3, -0.25) is 0 Å². The monoisotopic (exact) mass is 145 g/mol. The zero-order valence-corrected chi connectivity index (χ0v) is 4.37. The van der Waals surface area contributed by atoms with Crippen LogP contribution in [0.4, 0.5) is 17.6 Å². The van der Waals surface area contributed by atoms with Gasteiger partial charge >= 0.3 is 6.18 Å². The second kappa shape index (κ2) is 2.13. The summed E-state index contributed by atoms with van der Waals surface area (Å²) in [6.07, 6.45) is -4.98. The fourth-order valence-electron chi connectivity index (χ4n) is 0.0758. The average Bonchev–Trinajstić information content (AvgIpc) is 1.64. The highest BCUT2D eigenvalue weighted by molar-refractivity contribution is 4.88. The third-order valence-corrected chi connectivity index (χ3v) is 0.749. The summed E-state index contributed by atoms with van der Waals surface area (Å²) in [6, 6.07) is 0. The van der Waals surface area contributed by atoms with Crippen molar-refractivity contribution in [3.63, 3.8) is 0 Å². The van der Waals surface area contributed by atoms with Gasteiger partial charge in [-0.2, -0.15) is 13.2 Å². The zero-order chi connectivity index (χ0) is 7.71. The highest BCUT2D eigenvalue weighted by Gasteiger charge is 2.50. The van der Waals surface area contributed by atoms with Crippen LogP contribution in [0, 0.1) is 6.92 Å². The van der Waals surface area contributed by atoms with Crippen LogP contribution in [-0.4, -0.2) is 23.6 Å². The number of hydrogen-bond acceptors (Lipinski definition) is 1. The molecule has 0 aliphatic rings. The molecular formula is C4H5F4O. The summed E-state index contributed by atoms with van der Waals surface area (Å²) in [7, 11) is 0. The standard InChI is InChI=1S/C4H5F4O/c1-3(9,2-5)4(6,7)8/h9H,1-2H2. The molecule has 1 atom stereocenters. The predicted molar refractivity (Wildman–Crippen MR) is 22.3 cm³/mol. The van der Waals surface area contributed by atoms with E-state index in [4.69, 9.17) is 5.11 Å². The summed E-state index contributed by atoms with van der Waals surface area (Å²) < 4.78 is 45.1. The van der Waals surface area contributed by atoms with E-state index < -0.39 is 18.5 Å². The lowest BCUT2D eigenvalue weighted by atomic mass is 10.1. The van der Waals surface area contributed by atoms with Crippen molar-refractivity contribution in [3.05, 3.63) is 6.92 Å². The third kappa shape index (κ3) is 1.82. The summed E-state index contributed by atoms with van der Waals surface area (Å²) in [5.41, 5.74) is -3.44. The first kappa shape index (κ1) is 8.68. The molecule has 0 rings (SSSR count). The predicted octanol–water partition coefficient (Wildman–Crippen LogP) is 1.08. The van der Waals surface area contributed by atoms with Crippen molar-refractivity contribution in [1.29, 1.82) is 0 Å². The molecule has 0 aromatic carbocycles. The number of rotatable bonds is 1. The van der Waals surface area contributed by atoms with Crippen LogP contribution >= 0.6 is 0 Å². The molecule has 0 aromatic rings. The molecule has 0 heterocycles. The minimum Gasteiger partial charge on any atom is -0.378 e. The Morgan fingerprint density at radius 2 is 1.67 bits per heavy atom. The second-order valence-corrected chi connectivity index (χ2v) is 1.66. The molecule has 0 fully saturated rings. The van der Waals surface area contributed by atoms with Crippen LogP contribution < -0.4 is 0 Å². The SMILES string of the molecule is [CH2]C(O)(CF)C(F)(F)F. The highest BCUT2D eigenvalue weighted by atomic mass is 19.4. The normalized spacial score (nSPS) is 19.3. The van der Waals surface area contributed by atoms with Gasteiger partial charge in [-0.1, -0.05) is 0 Å². The molecular weight excluding hydrogens is 140 g/mol. The van der Waals surface area contributed by atoms with Crippen LogP contribution in [0.25, 0.3) is 0 Å². The summed E-state index contributed by atoms with van der Waals surface area (Å²) in [5, 5.41) is 8.05. The van der Waals surface area contributed by atoms with E-state index in [0.29, 0.717) is 0 Å². The summed E-state index contributed by atoms with van der Waals surface area (Å²) in [6.45, 7) is 0.295. The fraction of sp³-hybridized carbons (Fsp3) is 0.750. The fourth-order valence-corrected chi connectivity index (χ4v) is 0.0758. The Morgan fingerprint density at radius 3 is 1.67 bits per heavy atom. The molecule has 0 saturated carbocycles. The van der Waals surface area contributed by atoms with Crippen LogP contribution in [-0.2, 0) is 0 Å². The Labute approximate surface area is 49.3 Å². The van der Waals surface area contributed by atoms with Crippen molar-refractivity contribution in [2.24, 2.45) is 0 Å². The smallest absolute Gasteiger partial charge is 0.378 e. The van der Waals surface area contributed by atoms with E-state index in [9.17, 15) is 17.6 Å². The minimum atomic E-state index is -4.98. The second-order valence-electron chi connectivity index (χ2n) is 1.66. The Hall–Kier alpha value is -0.320. The van der Waals surface area contributed by atoms with Crippen molar-refractivity contribution in [3.8, 4) is 0 Å². The number of halogens is 4. The Balaban J connectivity index is 4.14. The molecule has 1 N–H and O–H groups in total. The summed E-state index contributed by atoms with van der Waals surface area (Å²) in [5.74, 6) is 0. The van der Waals surface area contributed by atoms with Crippen LogP contribution in [0.3, 0.4) is 0 Å². The topological polar surface area (TPSA) is 20.2 Å². The van der Waals surface area contributed by atoms with Crippen molar-refractivity contribution >= 4 is 0 Å². The molecule has 0 bridgehead atoms. The Morgan fingerprint density at radius 1 is 1.33 bits per heavy atom. The van der Waals surface area contributed by atoms with E-state index in [0.717, 1.165) is 0 Å². The summed E-state index contributed by atoms with van der Waals surface area (Å²) >= 11 is 0. The van der Waals surface area contributed by atoms with Gasteiger partial charge in [0.1, 0.15) is 6.67 Å². The van der Waals surface area contributed by atoms with Crippen molar-refractivity contribution in [2.75, 3.05) is 6.67 Å². The molecule has 0 saturated heterocycles. The molecule has 0 aliphatic heterocycles. The molecule has 1 nitrogen and oxygen atoms in total. The largest absolute Gasteiger partial charge is 0.419 e. The molecule has 5 heteroatoms. The van der Waals surface area contributed by atoms with Gasteiger partial charge in [0.05, 0.1) is 0 Å². The van der Waals surface area contributed by atoms with Gasteiger partial charge in [-0.05, 0) is 6.92 Å². The van der Waals surface area contributed by atoms with Crippen LogP contribution in [0.1, 0.15) is 0 Å². The maximum atomic E-state index is 11.3. The van der Waals surface area contributed by atoms with Crippen LogP contribution in [0.5, 0.6) is 0 Å². The number of hydrogen-bond donors (Lipinski definition) is 1. The Bertz CT molecular complexity index is 95.2. The molecule has 0 aliphatic carbocycles. The minimum absolute atomic E-state index is 1.92. The maximum Gasteiger partial charge on any atom is 0.419 e. The van der Waals surface area contributed by atoms with Crippen LogP contribution in [0.2, 0.25) is 0 Å². The van der Waals surface area contributed by atoms with Crippen molar-refractivity contribution < 1.29 is 22.7 Å². The van der Waals surface area contributed by atoms with E-state index in [1.54, 1.807) is 0 Å². The molecule has 0 amide bonds. The third-order valence-electron chi connectivity index (χ3n) is 0.749. The molecule has 55 valence electrons. The lowest BCUT2D eigenvalue weighted by molar-refractivity contribution is -0.245. The lowest BCUT2D eigenvalue weighted by Gasteiger charge is -2.21. The van der Waals surface area contributed by atoms with Gasteiger partial charge in [0.15, 0.2) is 5.60 Å². The average molecular weight is 145 g/mol. The van der Waals surface area contributed by atoms with Crippen molar-refractivity contribution in [1.82, 2.24) is 0 Å². The molecule has 0 aromatic heterocycles. The Kier molecular flexibility index (Phi) is 2.06. The summed E-state index contributed by atoms with van der Waals surface area (Å²) in [4.78, 5) is 0.